The Morgan fingerprint density at radius 3 is 1.42 bits per heavy atom. The minimum absolute atomic E-state index is 0.160. The first kappa shape index (κ1) is 14.1. The Labute approximate surface area is 65.2 Å². The minimum atomic E-state index is -5.10. The molecular formula is C5H8F6O. The second-order valence-corrected chi connectivity index (χ2v) is 1.98. The summed E-state index contributed by atoms with van der Waals surface area (Å²) >= 11 is 0. The monoisotopic (exact) mass is 198 g/mol. The first-order valence-electron chi connectivity index (χ1n) is 2.69. The number of hydrogen-bond acceptors (Lipinski definition) is 1. The number of halogens is 6. The van der Waals surface area contributed by atoms with Crippen LogP contribution in [0.4, 0.5) is 26.5 Å². The van der Waals surface area contributed by atoms with Crippen LogP contribution < -0.4 is 0 Å². The summed E-state index contributed by atoms with van der Waals surface area (Å²) in [4.78, 5) is 2.75. The molecule has 12 heavy (non-hydrogen) atoms. The Kier molecular flexibility index (Phi) is 6.14. The maximum Gasteiger partial charge on any atom is 0.424 e. The molecule has 7 heteroatoms. The van der Waals surface area contributed by atoms with Crippen molar-refractivity contribution >= 4 is 0 Å². The second-order valence-electron chi connectivity index (χ2n) is 1.98. The molecule has 0 rings (SSSR count). The van der Waals surface area contributed by atoms with Crippen molar-refractivity contribution in [2.24, 2.45) is 0 Å². The quantitative estimate of drug-likeness (QED) is 0.588. The lowest BCUT2D eigenvalue weighted by Gasteiger charge is -2.19. The van der Waals surface area contributed by atoms with E-state index in [0.717, 1.165) is 7.11 Å². The van der Waals surface area contributed by atoms with Gasteiger partial charge in [-0.1, -0.05) is 0 Å². The summed E-state index contributed by atoms with van der Waals surface area (Å²) in [5, 5.41) is 0. The van der Waals surface area contributed by atoms with Crippen molar-refractivity contribution in [2.45, 2.75) is 18.8 Å². The van der Waals surface area contributed by atoms with Gasteiger partial charge in [-0.05, 0) is 11.4 Å². The Morgan fingerprint density at radius 1 is 1.17 bits per heavy atom. The summed E-state index contributed by atoms with van der Waals surface area (Å²) in [7, 11) is 0.958. The van der Waals surface area contributed by atoms with Gasteiger partial charge >= 0.3 is 6.18 Å². The highest BCUT2D eigenvalue weighted by Gasteiger charge is 2.52. The molecule has 0 aromatic rings. The largest absolute Gasteiger partial charge is 0.424 e. The molecule has 1 nitrogen and oxygen atoms in total. The van der Waals surface area contributed by atoms with Crippen LogP contribution in [0.15, 0.2) is 0 Å². The zero-order valence-corrected chi connectivity index (χ0v) is 6.38. The van der Waals surface area contributed by atoms with Gasteiger partial charge in [0.2, 0.25) is 5.67 Å². The molecule has 0 heterocycles. The molecule has 0 bridgehead atoms. The van der Waals surface area contributed by atoms with Crippen molar-refractivity contribution < 1.29 is 31.4 Å². The molecule has 0 saturated heterocycles. The van der Waals surface area contributed by atoms with E-state index in [4.69, 9.17) is 0 Å². The minimum Gasteiger partial charge on any atom is -0.247 e. The van der Waals surface area contributed by atoms with Crippen molar-refractivity contribution in [3.8, 4) is 0 Å². The van der Waals surface area contributed by atoms with Gasteiger partial charge in [0, 0.05) is 0 Å². The summed E-state index contributed by atoms with van der Waals surface area (Å²) in [6.07, 6.45) is -5.10. The highest BCUT2D eigenvalue weighted by Crippen LogP contribution is 2.33. The van der Waals surface area contributed by atoms with Gasteiger partial charge in [0.15, 0.2) is 0 Å². The van der Waals surface area contributed by atoms with E-state index < -0.39 is 18.5 Å². The van der Waals surface area contributed by atoms with Crippen molar-refractivity contribution in [2.75, 3.05) is 13.8 Å². The predicted octanol–water partition coefficient (Wildman–Crippen LogP) is 2.76. The molecule has 1 atom stereocenters. The summed E-state index contributed by atoms with van der Waals surface area (Å²) in [5.41, 5.74) is -3.69. The lowest BCUT2D eigenvalue weighted by molar-refractivity contribution is -0.227. The van der Waals surface area contributed by atoms with Gasteiger partial charge in [0.05, 0.1) is 7.11 Å². The van der Waals surface area contributed by atoms with Crippen LogP contribution in [0.3, 0.4) is 0 Å². The van der Waals surface area contributed by atoms with Crippen LogP contribution >= 0.6 is 0 Å². The molecule has 76 valence electrons. The van der Waals surface area contributed by atoms with E-state index >= 15 is 0 Å². The third-order valence-electron chi connectivity index (χ3n) is 0.842. The number of hydrogen-bond donors (Lipinski definition) is 0. The molecule has 0 radical (unpaired) electrons. The van der Waals surface area contributed by atoms with E-state index in [-0.39, 0.29) is 6.92 Å². The van der Waals surface area contributed by atoms with Gasteiger partial charge in [0.25, 0.3) is 0 Å². The normalized spacial score (nSPS) is 16.0. The average molecular weight is 198 g/mol. The van der Waals surface area contributed by atoms with Gasteiger partial charge in [0.1, 0.15) is 6.67 Å². The summed E-state index contributed by atoms with van der Waals surface area (Å²) in [6.45, 7) is -1.87. The summed E-state index contributed by atoms with van der Waals surface area (Å²) in [6, 6.07) is 0. The fourth-order valence-electron chi connectivity index (χ4n) is 0.0758. The molecule has 0 aliphatic heterocycles. The Morgan fingerprint density at radius 2 is 1.42 bits per heavy atom. The molecule has 0 saturated carbocycles. The molecule has 0 fully saturated rings. The fourth-order valence-corrected chi connectivity index (χ4v) is 0.0758. The van der Waals surface area contributed by atoms with E-state index in [0.29, 0.717) is 0 Å². The summed E-state index contributed by atoms with van der Waals surface area (Å²) in [5.74, 6) is 0. The van der Waals surface area contributed by atoms with Crippen molar-refractivity contribution in [1.82, 2.24) is 0 Å². The van der Waals surface area contributed by atoms with Crippen molar-refractivity contribution in [3.05, 3.63) is 0 Å². The van der Waals surface area contributed by atoms with Gasteiger partial charge in [-0.2, -0.15) is 18.1 Å². The fraction of sp³-hybridized carbons (Fsp3) is 1.00. The molecule has 0 N–H and O–H groups in total. The third kappa shape index (κ3) is 5.22. The molecule has 1 unspecified atom stereocenters. The molecule has 0 aliphatic carbocycles. The van der Waals surface area contributed by atoms with Crippen LogP contribution in [0, 0.1) is 0 Å². The first-order valence-corrected chi connectivity index (χ1v) is 2.69. The van der Waals surface area contributed by atoms with Crippen molar-refractivity contribution in [1.29, 1.82) is 0 Å². The van der Waals surface area contributed by atoms with Gasteiger partial charge in [-0.15, -0.1) is 0 Å². The van der Waals surface area contributed by atoms with Gasteiger partial charge in [-0.25, -0.2) is 8.78 Å². The highest BCUT2D eigenvalue weighted by atomic mass is 19.4. The smallest absolute Gasteiger partial charge is 0.247 e. The molecule has 0 aromatic carbocycles. The van der Waals surface area contributed by atoms with Crippen LogP contribution in [0.5, 0.6) is 0 Å². The van der Waals surface area contributed by atoms with Crippen LogP contribution in [0.1, 0.15) is 6.92 Å². The van der Waals surface area contributed by atoms with Crippen LogP contribution in [0.25, 0.3) is 0 Å². The molecular weight excluding hydrogens is 190 g/mol. The predicted molar refractivity (Wildman–Crippen MR) is 29.7 cm³/mol. The Hall–Kier alpha value is -0.460. The molecule has 0 aromatic heterocycles. The van der Waals surface area contributed by atoms with Gasteiger partial charge in [-0.3, -0.25) is 0 Å². The summed E-state index contributed by atoms with van der Waals surface area (Å²) < 4.78 is 66.4. The third-order valence-corrected chi connectivity index (χ3v) is 0.842. The van der Waals surface area contributed by atoms with Crippen LogP contribution in [-0.2, 0) is 4.94 Å². The Balaban J connectivity index is 0. The van der Waals surface area contributed by atoms with Crippen LogP contribution in [-0.4, -0.2) is 25.6 Å². The molecule has 0 amide bonds. The van der Waals surface area contributed by atoms with Crippen LogP contribution in [0.2, 0.25) is 0 Å². The van der Waals surface area contributed by atoms with E-state index in [9.17, 15) is 26.5 Å². The highest BCUT2D eigenvalue weighted by molar-refractivity contribution is 4.80. The maximum atomic E-state index is 11.8. The zero-order chi connectivity index (χ0) is 10.4. The van der Waals surface area contributed by atoms with Crippen molar-refractivity contribution in [3.63, 3.8) is 0 Å². The standard InChI is InChI=1S/C4H5F5.CH3FO/c1-3(6,2-5)4(7,8)9;1-3-2/h2H2,1H3;1H3. The van der Waals surface area contributed by atoms with E-state index in [1.54, 1.807) is 0 Å². The molecule has 0 aliphatic rings. The maximum absolute atomic E-state index is 11.8. The topological polar surface area (TPSA) is 9.23 Å². The zero-order valence-electron chi connectivity index (χ0n) is 6.38. The second kappa shape index (κ2) is 5.23. The first-order chi connectivity index (χ1) is 5.22. The molecule has 0 spiro atoms. The van der Waals surface area contributed by atoms with E-state index in [1.807, 2.05) is 0 Å². The SMILES string of the molecule is CC(F)(CF)C(F)(F)F.COF. The average Bonchev–Trinajstić information content (AvgIpc) is 1.87. The number of rotatable bonds is 1. The van der Waals surface area contributed by atoms with Gasteiger partial charge < -0.3 is 0 Å². The lowest BCUT2D eigenvalue weighted by Crippen LogP contribution is -2.39. The Bertz CT molecular complexity index is 109. The van der Waals surface area contributed by atoms with E-state index in [1.165, 1.54) is 0 Å². The number of alkyl halides is 5. The lowest BCUT2D eigenvalue weighted by atomic mass is 10.1. The van der Waals surface area contributed by atoms with E-state index in [2.05, 4.69) is 4.94 Å².